The van der Waals surface area contributed by atoms with Gasteiger partial charge in [-0.25, -0.2) is 0 Å². The van der Waals surface area contributed by atoms with Crippen LogP contribution in [0.3, 0.4) is 0 Å². The van der Waals surface area contributed by atoms with Crippen LogP contribution in [0.2, 0.25) is 10.0 Å². The number of benzene rings is 2. The van der Waals surface area contributed by atoms with Crippen molar-refractivity contribution in [3.63, 3.8) is 0 Å². The lowest BCUT2D eigenvalue weighted by Crippen LogP contribution is -1.99. The maximum atomic E-state index is 12.1. The molecule has 0 saturated carbocycles. The lowest BCUT2D eigenvalue weighted by molar-refractivity contribution is 0.104. The first-order valence-corrected chi connectivity index (χ1v) is 8.51. The lowest BCUT2D eigenvalue weighted by atomic mass is 10.1. The first-order chi connectivity index (χ1) is 11.6. The maximum absolute atomic E-state index is 12.1. The molecule has 3 nitrogen and oxygen atoms in total. The van der Waals surface area contributed by atoms with Gasteiger partial charge in [0.2, 0.25) is 0 Å². The van der Waals surface area contributed by atoms with E-state index in [1.807, 2.05) is 0 Å². The topological polar surface area (TPSA) is 38.3 Å². The summed E-state index contributed by atoms with van der Waals surface area (Å²) in [5, 5.41) is 4.03. The van der Waals surface area contributed by atoms with Crippen LogP contribution in [0.15, 0.2) is 54.7 Å². The van der Waals surface area contributed by atoms with Gasteiger partial charge in [0.05, 0.1) is 17.3 Å². The fraction of sp³-hybridized carbons (Fsp3) is 0.211. The molecule has 126 valence electrons. The number of halogens is 2. The molecule has 2 rings (SSSR count). The van der Waals surface area contributed by atoms with Gasteiger partial charge in [-0.2, -0.15) is 0 Å². The Balaban J connectivity index is 1.91. The molecule has 1 N–H and O–H groups in total. The molecule has 0 aliphatic carbocycles. The van der Waals surface area contributed by atoms with E-state index in [9.17, 15) is 4.79 Å². The Bertz CT molecular complexity index is 712. The van der Waals surface area contributed by atoms with Gasteiger partial charge in [-0.15, -0.1) is 0 Å². The normalized spacial score (nSPS) is 10.8. The van der Waals surface area contributed by atoms with Crippen molar-refractivity contribution in [3.05, 3.63) is 70.3 Å². The van der Waals surface area contributed by atoms with E-state index in [-0.39, 0.29) is 5.78 Å². The van der Waals surface area contributed by atoms with E-state index in [0.29, 0.717) is 27.9 Å². The predicted molar refractivity (Wildman–Crippen MR) is 100 cm³/mol. The molecule has 2 aromatic rings. The number of hydrogen-bond donors (Lipinski definition) is 1. The highest BCUT2D eigenvalue weighted by molar-refractivity contribution is 6.36. The fourth-order valence-electron chi connectivity index (χ4n) is 1.96. The van der Waals surface area contributed by atoms with Crippen LogP contribution in [0.5, 0.6) is 5.75 Å². The van der Waals surface area contributed by atoms with Gasteiger partial charge in [0.1, 0.15) is 5.75 Å². The van der Waals surface area contributed by atoms with Gasteiger partial charge in [-0.3, -0.25) is 4.79 Å². The molecule has 0 aliphatic heterocycles. The fourth-order valence-corrected chi connectivity index (χ4v) is 2.42. The molecule has 0 fully saturated rings. The van der Waals surface area contributed by atoms with E-state index in [1.54, 1.807) is 48.7 Å². The Kier molecular flexibility index (Phi) is 7.16. The second-order valence-corrected chi connectivity index (χ2v) is 6.04. The van der Waals surface area contributed by atoms with Crippen molar-refractivity contribution in [2.45, 2.75) is 19.8 Å². The molecule has 5 heteroatoms. The summed E-state index contributed by atoms with van der Waals surface area (Å²) in [4.78, 5) is 12.1. The highest BCUT2D eigenvalue weighted by atomic mass is 35.5. The third-order valence-corrected chi connectivity index (χ3v) is 3.86. The van der Waals surface area contributed by atoms with Crippen molar-refractivity contribution in [1.82, 2.24) is 0 Å². The largest absolute Gasteiger partial charge is 0.494 e. The zero-order valence-corrected chi connectivity index (χ0v) is 14.9. The summed E-state index contributed by atoms with van der Waals surface area (Å²) in [7, 11) is 0. The van der Waals surface area contributed by atoms with Crippen LogP contribution < -0.4 is 10.1 Å². The number of allylic oxidation sites excluding steroid dienone is 1. The van der Waals surface area contributed by atoms with Gasteiger partial charge < -0.3 is 10.1 Å². The molecule has 0 saturated heterocycles. The average Bonchev–Trinajstić information content (AvgIpc) is 2.57. The third kappa shape index (κ3) is 5.59. The highest BCUT2D eigenvalue weighted by Crippen LogP contribution is 2.25. The molecule has 0 radical (unpaired) electrons. The van der Waals surface area contributed by atoms with Gasteiger partial charge in [-0.05, 0) is 48.9 Å². The summed E-state index contributed by atoms with van der Waals surface area (Å²) in [6.45, 7) is 2.80. The van der Waals surface area contributed by atoms with Crippen molar-refractivity contribution in [2.24, 2.45) is 0 Å². The monoisotopic (exact) mass is 363 g/mol. The van der Waals surface area contributed by atoms with E-state index in [4.69, 9.17) is 27.9 Å². The quantitative estimate of drug-likeness (QED) is 0.356. The molecule has 2 aromatic carbocycles. The maximum Gasteiger partial charge on any atom is 0.187 e. The Morgan fingerprint density at radius 1 is 1.17 bits per heavy atom. The van der Waals surface area contributed by atoms with Crippen LogP contribution in [0, 0.1) is 0 Å². The number of ketones is 1. The summed E-state index contributed by atoms with van der Waals surface area (Å²) in [6, 6.07) is 12.2. The standard InChI is InChI=1S/C19H19Cl2NO2/c1-2-3-12-24-16-7-4-14(5-8-16)19(23)10-11-22-18-9-6-15(20)13-17(18)21/h4-11,13,22H,2-3,12H2,1H3. The molecule has 0 aliphatic rings. The van der Waals surface area contributed by atoms with Gasteiger partial charge >= 0.3 is 0 Å². The molecule has 0 aromatic heterocycles. The van der Waals surface area contributed by atoms with E-state index in [1.165, 1.54) is 6.08 Å². The number of carbonyl (C=O) groups excluding carboxylic acids is 1. The number of rotatable bonds is 8. The van der Waals surface area contributed by atoms with E-state index in [0.717, 1.165) is 18.6 Å². The first-order valence-electron chi connectivity index (χ1n) is 7.75. The Morgan fingerprint density at radius 2 is 1.92 bits per heavy atom. The molecule has 0 unspecified atom stereocenters. The van der Waals surface area contributed by atoms with E-state index in [2.05, 4.69) is 12.2 Å². The number of anilines is 1. The Labute approximate surface area is 152 Å². The van der Waals surface area contributed by atoms with Crippen LogP contribution in [0.25, 0.3) is 0 Å². The SMILES string of the molecule is CCCCOc1ccc(C(=O)C=CNc2ccc(Cl)cc2Cl)cc1. The highest BCUT2D eigenvalue weighted by Gasteiger charge is 2.03. The summed E-state index contributed by atoms with van der Waals surface area (Å²) in [6.07, 6.45) is 5.12. The molecule has 0 bridgehead atoms. The number of hydrogen-bond acceptors (Lipinski definition) is 3. The third-order valence-electron chi connectivity index (χ3n) is 3.31. The molecule has 0 atom stereocenters. The van der Waals surface area contributed by atoms with Crippen LogP contribution in [-0.4, -0.2) is 12.4 Å². The second kappa shape index (κ2) is 9.36. The molecule has 0 heterocycles. The van der Waals surface area contributed by atoms with Gasteiger partial charge in [0.25, 0.3) is 0 Å². The first kappa shape index (κ1) is 18.4. The number of nitrogens with one attached hydrogen (secondary N) is 1. The summed E-state index contributed by atoms with van der Waals surface area (Å²) in [5.74, 6) is 0.669. The van der Waals surface area contributed by atoms with Crippen molar-refractivity contribution >= 4 is 34.7 Å². The van der Waals surface area contributed by atoms with Gasteiger partial charge in [0.15, 0.2) is 5.78 Å². The number of ether oxygens (including phenoxy) is 1. The van der Waals surface area contributed by atoms with Crippen LogP contribution in [0.4, 0.5) is 5.69 Å². The zero-order chi connectivity index (χ0) is 17.4. The van der Waals surface area contributed by atoms with E-state index >= 15 is 0 Å². The van der Waals surface area contributed by atoms with Crippen LogP contribution in [0.1, 0.15) is 30.1 Å². The predicted octanol–water partition coefficient (Wildman–Crippen LogP) is 5.98. The zero-order valence-electron chi connectivity index (χ0n) is 13.4. The Morgan fingerprint density at radius 3 is 2.58 bits per heavy atom. The minimum Gasteiger partial charge on any atom is -0.494 e. The van der Waals surface area contributed by atoms with Crippen LogP contribution in [-0.2, 0) is 0 Å². The summed E-state index contributed by atoms with van der Waals surface area (Å²) < 4.78 is 5.58. The van der Waals surface area contributed by atoms with Crippen molar-refractivity contribution in [3.8, 4) is 5.75 Å². The lowest BCUT2D eigenvalue weighted by Gasteiger charge is -2.05. The van der Waals surface area contributed by atoms with E-state index < -0.39 is 0 Å². The number of unbranched alkanes of at least 4 members (excludes halogenated alkanes) is 1. The van der Waals surface area contributed by atoms with Crippen molar-refractivity contribution in [1.29, 1.82) is 0 Å². The number of carbonyl (C=O) groups is 1. The molecule has 0 spiro atoms. The smallest absolute Gasteiger partial charge is 0.187 e. The molecule has 24 heavy (non-hydrogen) atoms. The van der Waals surface area contributed by atoms with Crippen molar-refractivity contribution in [2.75, 3.05) is 11.9 Å². The van der Waals surface area contributed by atoms with Gasteiger partial charge in [-0.1, -0.05) is 36.5 Å². The second-order valence-electron chi connectivity index (χ2n) is 5.19. The summed E-state index contributed by atoms with van der Waals surface area (Å²) in [5.41, 5.74) is 1.28. The molecule has 0 amide bonds. The van der Waals surface area contributed by atoms with Crippen molar-refractivity contribution < 1.29 is 9.53 Å². The van der Waals surface area contributed by atoms with Gasteiger partial charge in [0, 0.05) is 22.9 Å². The molecular formula is C19H19Cl2NO2. The average molecular weight is 364 g/mol. The summed E-state index contributed by atoms with van der Waals surface area (Å²) >= 11 is 11.9. The van der Waals surface area contributed by atoms with Crippen LogP contribution >= 0.6 is 23.2 Å². The Hall–Kier alpha value is -1.97. The minimum atomic E-state index is -0.104. The minimum absolute atomic E-state index is 0.104. The molecular weight excluding hydrogens is 345 g/mol.